The Bertz CT molecular complexity index is 2390. The summed E-state index contributed by atoms with van der Waals surface area (Å²) in [5, 5.41) is 0. The molecule has 4 aliphatic carbocycles. The van der Waals surface area contributed by atoms with Crippen molar-refractivity contribution in [2.75, 3.05) is 4.90 Å². The second-order valence-corrected chi connectivity index (χ2v) is 16.6. The number of aryl methyl sites for hydroxylation is 3. The van der Waals surface area contributed by atoms with Crippen LogP contribution in [-0.4, -0.2) is 0 Å². The third kappa shape index (κ3) is 4.60. The fourth-order valence-electron chi connectivity index (χ4n) is 10.3. The first-order valence-electron chi connectivity index (χ1n) is 19.4. The lowest BCUT2D eigenvalue weighted by atomic mass is 9.81. The van der Waals surface area contributed by atoms with Gasteiger partial charge in [-0.2, -0.15) is 0 Å². The number of nitrogens with zero attached hydrogens (tertiary/aromatic N) is 1. The Balaban J connectivity index is 1.27. The highest BCUT2D eigenvalue weighted by molar-refractivity contribution is 5.96. The van der Waals surface area contributed by atoms with Crippen LogP contribution in [0.15, 0.2) is 115 Å². The van der Waals surface area contributed by atoms with E-state index in [9.17, 15) is 0 Å². The molecule has 4 aliphatic rings. The van der Waals surface area contributed by atoms with Crippen LogP contribution in [0.4, 0.5) is 17.1 Å². The normalized spacial score (nSPS) is 17.1. The second-order valence-electron chi connectivity index (χ2n) is 16.6. The third-order valence-electron chi connectivity index (χ3n) is 13.0. The molecule has 1 nitrogen and oxygen atoms in total. The average molecular weight is 662 g/mol. The topological polar surface area (TPSA) is 3.24 Å². The summed E-state index contributed by atoms with van der Waals surface area (Å²) < 4.78 is 0. The molecular formula is C50H47N. The minimum Gasteiger partial charge on any atom is -0.310 e. The highest BCUT2D eigenvalue weighted by Crippen LogP contribution is 2.56. The number of anilines is 3. The van der Waals surface area contributed by atoms with Crippen LogP contribution in [0, 0.1) is 0 Å². The van der Waals surface area contributed by atoms with Gasteiger partial charge in [0.15, 0.2) is 0 Å². The Hall–Kier alpha value is -4.88. The molecule has 6 aromatic rings. The molecule has 252 valence electrons. The highest BCUT2D eigenvalue weighted by atomic mass is 15.1. The molecule has 0 unspecified atom stereocenters. The Morgan fingerprint density at radius 2 is 1.04 bits per heavy atom. The number of rotatable bonds is 4. The van der Waals surface area contributed by atoms with E-state index in [2.05, 4.69) is 148 Å². The van der Waals surface area contributed by atoms with Gasteiger partial charge < -0.3 is 4.90 Å². The summed E-state index contributed by atoms with van der Waals surface area (Å²) in [6, 6.07) is 45.1. The van der Waals surface area contributed by atoms with Crippen molar-refractivity contribution in [3.63, 3.8) is 0 Å². The molecule has 0 saturated carbocycles. The first kappa shape index (κ1) is 30.9. The van der Waals surface area contributed by atoms with E-state index < -0.39 is 0 Å². The molecule has 0 aliphatic heterocycles. The zero-order valence-electron chi connectivity index (χ0n) is 30.6. The van der Waals surface area contributed by atoms with Crippen molar-refractivity contribution in [1.82, 2.24) is 0 Å². The maximum absolute atomic E-state index is 2.66. The van der Waals surface area contributed by atoms with E-state index in [1.807, 2.05) is 0 Å². The van der Waals surface area contributed by atoms with Crippen LogP contribution in [0.3, 0.4) is 0 Å². The van der Waals surface area contributed by atoms with Crippen molar-refractivity contribution < 1.29 is 0 Å². The van der Waals surface area contributed by atoms with Crippen LogP contribution in [0.5, 0.6) is 0 Å². The molecule has 0 amide bonds. The van der Waals surface area contributed by atoms with Gasteiger partial charge in [-0.3, -0.25) is 0 Å². The van der Waals surface area contributed by atoms with Gasteiger partial charge in [0.25, 0.3) is 0 Å². The minimum atomic E-state index is -0.0988. The van der Waals surface area contributed by atoms with Gasteiger partial charge in [-0.05, 0) is 154 Å². The van der Waals surface area contributed by atoms with E-state index in [1.54, 1.807) is 0 Å². The molecular weight excluding hydrogens is 615 g/mol. The summed E-state index contributed by atoms with van der Waals surface area (Å²) in [5.41, 5.74) is 23.7. The first-order valence-corrected chi connectivity index (χ1v) is 19.4. The van der Waals surface area contributed by atoms with Crippen molar-refractivity contribution in [2.24, 2.45) is 0 Å². The predicted octanol–water partition coefficient (Wildman–Crippen LogP) is 13.2. The fraction of sp³-hybridized carbons (Fsp3) is 0.280. The van der Waals surface area contributed by atoms with E-state index in [0.717, 1.165) is 12.8 Å². The van der Waals surface area contributed by atoms with E-state index in [-0.39, 0.29) is 10.8 Å². The molecule has 0 N–H and O–H groups in total. The monoisotopic (exact) mass is 661 g/mol. The molecule has 1 heteroatoms. The van der Waals surface area contributed by atoms with Gasteiger partial charge in [0.2, 0.25) is 0 Å². The molecule has 0 radical (unpaired) electrons. The summed E-state index contributed by atoms with van der Waals surface area (Å²) in [5.74, 6) is 0. The molecule has 6 aromatic carbocycles. The van der Waals surface area contributed by atoms with Crippen molar-refractivity contribution in [2.45, 2.75) is 89.9 Å². The molecule has 0 spiro atoms. The number of fused-ring (bicyclic) bond motifs is 8. The summed E-state index contributed by atoms with van der Waals surface area (Å²) in [4.78, 5) is 2.66. The quantitative estimate of drug-likeness (QED) is 0.182. The SMILES string of the molecule is CC1(C)c2ccccc2-c2ccc(N(c3cc4c(cc3-c3ccc5c(c3)CCCC5)-c3ccccc3C4(C)C)c3cccc4c3CCCC4)cc21. The van der Waals surface area contributed by atoms with Crippen LogP contribution in [-0.2, 0) is 36.5 Å². The van der Waals surface area contributed by atoms with Crippen LogP contribution in [0.1, 0.15) is 97.9 Å². The van der Waals surface area contributed by atoms with Crippen molar-refractivity contribution in [3.05, 3.63) is 160 Å². The summed E-state index contributed by atoms with van der Waals surface area (Å²) >= 11 is 0. The van der Waals surface area contributed by atoms with Crippen molar-refractivity contribution in [3.8, 4) is 33.4 Å². The van der Waals surface area contributed by atoms with Crippen molar-refractivity contribution >= 4 is 17.1 Å². The largest absolute Gasteiger partial charge is 0.310 e. The molecule has 0 atom stereocenters. The van der Waals surface area contributed by atoms with Gasteiger partial charge in [0, 0.05) is 27.8 Å². The highest BCUT2D eigenvalue weighted by Gasteiger charge is 2.39. The Morgan fingerprint density at radius 1 is 0.412 bits per heavy atom. The Labute approximate surface area is 304 Å². The van der Waals surface area contributed by atoms with Crippen molar-refractivity contribution in [1.29, 1.82) is 0 Å². The van der Waals surface area contributed by atoms with E-state index in [0.29, 0.717) is 0 Å². The predicted molar refractivity (Wildman–Crippen MR) is 215 cm³/mol. The number of hydrogen-bond donors (Lipinski definition) is 0. The zero-order valence-corrected chi connectivity index (χ0v) is 30.6. The number of benzene rings is 6. The lowest BCUT2D eigenvalue weighted by molar-refractivity contribution is 0.660. The molecule has 0 aromatic heterocycles. The van der Waals surface area contributed by atoms with Gasteiger partial charge in [0.05, 0.1) is 5.69 Å². The Kier molecular flexibility index (Phi) is 6.85. The fourth-order valence-corrected chi connectivity index (χ4v) is 10.3. The summed E-state index contributed by atoms with van der Waals surface area (Å²) in [6.45, 7) is 9.65. The molecule has 0 saturated heterocycles. The zero-order chi connectivity index (χ0) is 34.5. The van der Waals surface area contributed by atoms with Gasteiger partial charge >= 0.3 is 0 Å². The summed E-state index contributed by atoms with van der Waals surface area (Å²) in [6.07, 6.45) is 9.76. The molecule has 51 heavy (non-hydrogen) atoms. The smallest absolute Gasteiger partial charge is 0.0543 e. The second kappa shape index (κ2) is 11.3. The maximum Gasteiger partial charge on any atom is 0.0543 e. The van der Waals surface area contributed by atoms with E-state index in [1.165, 1.54) is 133 Å². The van der Waals surface area contributed by atoms with Gasteiger partial charge in [-0.25, -0.2) is 0 Å². The maximum atomic E-state index is 2.66. The minimum absolute atomic E-state index is 0.0768. The van der Waals surface area contributed by atoms with E-state index >= 15 is 0 Å². The van der Waals surface area contributed by atoms with Gasteiger partial charge in [0.1, 0.15) is 0 Å². The van der Waals surface area contributed by atoms with Gasteiger partial charge in [-0.1, -0.05) is 113 Å². The van der Waals surface area contributed by atoms with Gasteiger partial charge in [-0.15, -0.1) is 0 Å². The first-order chi connectivity index (χ1) is 24.8. The molecule has 10 rings (SSSR count). The molecule has 0 fully saturated rings. The lowest BCUT2D eigenvalue weighted by Crippen LogP contribution is -2.20. The van der Waals surface area contributed by atoms with Crippen LogP contribution >= 0.6 is 0 Å². The Morgan fingerprint density at radius 3 is 1.80 bits per heavy atom. The van der Waals surface area contributed by atoms with E-state index in [4.69, 9.17) is 0 Å². The average Bonchev–Trinajstić information content (AvgIpc) is 3.53. The molecule has 0 bridgehead atoms. The number of hydrogen-bond acceptors (Lipinski definition) is 1. The third-order valence-corrected chi connectivity index (χ3v) is 13.0. The van der Waals surface area contributed by atoms with Crippen LogP contribution in [0.2, 0.25) is 0 Å². The van der Waals surface area contributed by atoms with Crippen LogP contribution in [0.25, 0.3) is 33.4 Å². The summed E-state index contributed by atoms with van der Waals surface area (Å²) in [7, 11) is 0. The lowest BCUT2D eigenvalue weighted by Gasteiger charge is -2.34. The molecule has 0 heterocycles. The standard InChI is InChI=1S/C50H47N/c1-49(2)43-21-11-9-19-38(43)40-27-26-36(29-45(40)49)51(47-23-13-17-33-15-7-8-18-37(33)47)48-31-46-42(39-20-10-12-22-44(39)50(46,3)4)30-41(48)35-25-24-32-14-5-6-16-34(32)28-35/h9-13,17,19-31H,5-8,14-16,18H2,1-4H3. The van der Waals surface area contributed by atoms with Crippen LogP contribution < -0.4 is 4.90 Å².